The average molecular weight is 275 g/mol. The van der Waals surface area contributed by atoms with Gasteiger partial charge in [0.05, 0.1) is 5.02 Å². The SMILES string of the molecule is Cc1ccc(-c2nc(Cl)nc(Cl)n2)c(Cl)c1. The summed E-state index contributed by atoms with van der Waals surface area (Å²) >= 11 is 17.5. The molecule has 16 heavy (non-hydrogen) atoms. The second-order valence-corrected chi connectivity index (χ2v) is 4.26. The van der Waals surface area contributed by atoms with Gasteiger partial charge in [0.2, 0.25) is 10.6 Å². The fourth-order valence-electron chi connectivity index (χ4n) is 1.25. The Morgan fingerprint density at radius 1 is 0.938 bits per heavy atom. The highest BCUT2D eigenvalue weighted by atomic mass is 35.5. The molecule has 0 saturated heterocycles. The number of rotatable bonds is 1. The molecule has 0 radical (unpaired) electrons. The highest BCUT2D eigenvalue weighted by Gasteiger charge is 2.09. The summed E-state index contributed by atoms with van der Waals surface area (Å²) in [7, 11) is 0. The van der Waals surface area contributed by atoms with Gasteiger partial charge in [0.15, 0.2) is 5.82 Å². The predicted octanol–water partition coefficient (Wildman–Crippen LogP) is 3.81. The molecule has 82 valence electrons. The second kappa shape index (κ2) is 4.53. The maximum absolute atomic E-state index is 6.08. The van der Waals surface area contributed by atoms with E-state index in [1.54, 1.807) is 0 Å². The molecule has 0 aliphatic rings. The van der Waals surface area contributed by atoms with E-state index in [0.29, 0.717) is 16.4 Å². The number of hydrogen-bond acceptors (Lipinski definition) is 3. The average Bonchev–Trinajstić information content (AvgIpc) is 2.15. The topological polar surface area (TPSA) is 38.7 Å². The van der Waals surface area contributed by atoms with Gasteiger partial charge in [0.1, 0.15) is 0 Å². The first-order chi connectivity index (χ1) is 7.56. The molecule has 2 rings (SSSR count). The molecule has 0 unspecified atom stereocenters. The Balaban J connectivity index is 2.58. The molecule has 2 aromatic rings. The molecule has 0 amide bonds. The summed E-state index contributed by atoms with van der Waals surface area (Å²) < 4.78 is 0. The van der Waals surface area contributed by atoms with Gasteiger partial charge in [-0.25, -0.2) is 0 Å². The van der Waals surface area contributed by atoms with Crippen molar-refractivity contribution < 1.29 is 0 Å². The van der Waals surface area contributed by atoms with Gasteiger partial charge >= 0.3 is 0 Å². The van der Waals surface area contributed by atoms with Gasteiger partial charge in [-0.1, -0.05) is 17.7 Å². The normalized spacial score (nSPS) is 10.5. The van der Waals surface area contributed by atoms with Crippen molar-refractivity contribution in [1.29, 1.82) is 0 Å². The molecule has 0 fully saturated rings. The Morgan fingerprint density at radius 3 is 2.12 bits per heavy atom. The van der Waals surface area contributed by atoms with Crippen LogP contribution in [0.25, 0.3) is 11.4 Å². The second-order valence-electron chi connectivity index (χ2n) is 3.18. The van der Waals surface area contributed by atoms with Gasteiger partial charge in [0, 0.05) is 5.56 Å². The summed E-state index contributed by atoms with van der Waals surface area (Å²) in [4.78, 5) is 11.6. The minimum atomic E-state index is 0.0478. The van der Waals surface area contributed by atoms with E-state index in [4.69, 9.17) is 34.8 Å². The monoisotopic (exact) mass is 273 g/mol. The van der Waals surface area contributed by atoms with Gasteiger partial charge < -0.3 is 0 Å². The molecular formula is C10H6Cl3N3. The van der Waals surface area contributed by atoms with Crippen LogP contribution in [0.2, 0.25) is 15.6 Å². The van der Waals surface area contributed by atoms with Crippen LogP contribution in [0.1, 0.15) is 5.56 Å². The Labute approximate surface area is 107 Å². The Bertz CT molecular complexity index is 523. The lowest BCUT2D eigenvalue weighted by Gasteiger charge is -2.04. The molecule has 6 heteroatoms. The maximum Gasteiger partial charge on any atom is 0.227 e. The molecule has 1 heterocycles. The number of benzene rings is 1. The van der Waals surface area contributed by atoms with E-state index < -0.39 is 0 Å². The van der Waals surface area contributed by atoms with Gasteiger partial charge in [-0.2, -0.15) is 15.0 Å². The zero-order chi connectivity index (χ0) is 11.7. The molecule has 1 aromatic carbocycles. The van der Waals surface area contributed by atoms with E-state index in [1.165, 1.54) is 0 Å². The van der Waals surface area contributed by atoms with E-state index in [-0.39, 0.29) is 10.6 Å². The van der Waals surface area contributed by atoms with Crippen LogP contribution in [0.15, 0.2) is 18.2 Å². The third kappa shape index (κ3) is 2.43. The van der Waals surface area contributed by atoms with E-state index >= 15 is 0 Å². The molecule has 0 atom stereocenters. The van der Waals surface area contributed by atoms with Crippen LogP contribution >= 0.6 is 34.8 Å². The summed E-state index contributed by atoms with van der Waals surface area (Å²) in [6, 6.07) is 5.55. The lowest BCUT2D eigenvalue weighted by molar-refractivity contribution is 1.06. The first-order valence-corrected chi connectivity index (χ1v) is 5.53. The molecule has 1 aromatic heterocycles. The third-order valence-corrected chi connectivity index (χ3v) is 2.60. The zero-order valence-electron chi connectivity index (χ0n) is 8.21. The molecule has 3 nitrogen and oxygen atoms in total. The van der Waals surface area contributed by atoms with Crippen molar-refractivity contribution in [2.24, 2.45) is 0 Å². The van der Waals surface area contributed by atoms with Crippen molar-refractivity contribution in [3.63, 3.8) is 0 Å². The molecule has 0 bridgehead atoms. The van der Waals surface area contributed by atoms with Crippen LogP contribution < -0.4 is 0 Å². The number of nitrogens with zero attached hydrogens (tertiary/aromatic N) is 3. The fraction of sp³-hybridized carbons (Fsp3) is 0.100. The van der Waals surface area contributed by atoms with Crippen LogP contribution in [0.4, 0.5) is 0 Å². The van der Waals surface area contributed by atoms with E-state index in [9.17, 15) is 0 Å². The van der Waals surface area contributed by atoms with Gasteiger partial charge in [0.25, 0.3) is 0 Å². The quantitative estimate of drug-likeness (QED) is 0.794. The molecule has 0 aliphatic heterocycles. The number of aryl methyl sites for hydroxylation is 1. The predicted molar refractivity (Wildman–Crippen MR) is 65.0 cm³/mol. The Kier molecular flexibility index (Phi) is 3.28. The number of halogens is 3. The summed E-state index contributed by atoms with van der Waals surface area (Å²) in [6.45, 7) is 1.95. The first-order valence-electron chi connectivity index (χ1n) is 4.40. The molecule has 0 N–H and O–H groups in total. The van der Waals surface area contributed by atoms with Crippen LogP contribution in [0.5, 0.6) is 0 Å². The van der Waals surface area contributed by atoms with Crippen molar-refractivity contribution in [3.8, 4) is 11.4 Å². The molecular weight excluding hydrogens is 268 g/mol. The van der Waals surface area contributed by atoms with Crippen LogP contribution in [0, 0.1) is 6.92 Å². The lowest BCUT2D eigenvalue weighted by atomic mass is 10.1. The van der Waals surface area contributed by atoms with Crippen LogP contribution in [-0.4, -0.2) is 15.0 Å². The molecule has 0 saturated carbocycles. The zero-order valence-corrected chi connectivity index (χ0v) is 10.5. The molecule has 0 aliphatic carbocycles. The molecule has 0 spiro atoms. The smallest absolute Gasteiger partial charge is 0.198 e. The van der Waals surface area contributed by atoms with Gasteiger partial charge in [-0.3, -0.25) is 0 Å². The lowest BCUT2D eigenvalue weighted by Crippen LogP contribution is -1.94. The van der Waals surface area contributed by atoms with Gasteiger partial charge in [-0.05, 0) is 47.8 Å². The maximum atomic E-state index is 6.08. The minimum absolute atomic E-state index is 0.0478. The third-order valence-electron chi connectivity index (χ3n) is 1.95. The Hall–Kier alpha value is -0.900. The van der Waals surface area contributed by atoms with E-state index in [0.717, 1.165) is 5.56 Å². The van der Waals surface area contributed by atoms with Crippen molar-refractivity contribution in [2.75, 3.05) is 0 Å². The summed E-state index contributed by atoms with van der Waals surface area (Å²) in [5.74, 6) is 0.370. The van der Waals surface area contributed by atoms with Crippen LogP contribution in [0.3, 0.4) is 0 Å². The minimum Gasteiger partial charge on any atom is -0.198 e. The van der Waals surface area contributed by atoms with Crippen molar-refractivity contribution in [2.45, 2.75) is 6.92 Å². The van der Waals surface area contributed by atoms with E-state index in [2.05, 4.69) is 15.0 Å². The summed E-state index contributed by atoms with van der Waals surface area (Å²) in [5, 5.41) is 0.650. The number of aromatic nitrogens is 3. The largest absolute Gasteiger partial charge is 0.227 e. The highest BCUT2D eigenvalue weighted by molar-refractivity contribution is 6.33. The summed E-state index contributed by atoms with van der Waals surface area (Å²) in [5.41, 5.74) is 1.73. The standard InChI is InChI=1S/C10H6Cl3N3/c1-5-2-3-6(7(11)4-5)8-14-9(12)16-10(13)15-8/h2-4H,1H3. The summed E-state index contributed by atoms with van der Waals surface area (Å²) in [6.07, 6.45) is 0. The fourth-order valence-corrected chi connectivity index (χ4v) is 1.93. The van der Waals surface area contributed by atoms with Crippen LogP contribution in [-0.2, 0) is 0 Å². The Morgan fingerprint density at radius 2 is 1.56 bits per heavy atom. The highest BCUT2D eigenvalue weighted by Crippen LogP contribution is 2.27. The van der Waals surface area contributed by atoms with Crippen molar-refractivity contribution in [1.82, 2.24) is 15.0 Å². The number of hydrogen-bond donors (Lipinski definition) is 0. The van der Waals surface area contributed by atoms with Gasteiger partial charge in [-0.15, -0.1) is 0 Å². The van der Waals surface area contributed by atoms with Crippen molar-refractivity contribution >= 4 is 34.8 Å². The van der Waals surface area contributed by atoms with Crippen molar-refractivity contribution in [3.05, 3.63) is 39.4 Å². The first kappa shape index (κ1) is 11.6. The van der Waals surface area contributed by atoms with E-state index in [1.807, 2.05) is 25.1 Å².